The van der Waals surface area contributed by atoms with E-state index in [1.807, 2.05) is 29.6 Å². The number of rotatable bonds is 7. The van der Waals surface area contributed by atoms with Crippen molar-refractivity contribution in [2.45, 2.75) is 19.9 Å². The van der Waals surface area contributed by atoms with E-state index in [-0.39, 0.29) is 12.3 Å². The minimum atomic E-state index is -0.0542. The zero-order valence-electron chi connectivity index (χ0n) is 17.3. The third-order valence-corrected chi connectivity index (χ3v) is 6.30. The van der Waals surface area contributed by atoms with E-state index in [0.717, 1.165) is 61.2 Å². The summed E-state index contributed by atoms with van der Waals surface area (Å²) in [6, 6.07) is 12.0. The number of aromatic nitrogens is 2. The molecule has 6 nitrogen and oxygen atoms in total. The van der Waals surface area contributed by atoms with Gasteiger partial charge in [-0.05, 0) is 36.4 Å². The number of pyridine rings is 1. The van der Waals surface area contributed by atoms with Gasteiger partial charge in [-0.3, -0.25) is 14.7 Å². The molecule has 30 heavy (non-hydrogen) atoms. The first-order valence-electron chi connectivity index (χ1n) is 10.4. The Morgan fingerprint density at radius 2 is 1.87 bits per heavy atom. The molecule has 3 aromatic rings. The Morgan fingerprint density at radius 1 is 1.10 bits per heavy atom. The molecular weight excluding hydrogens is 394 g/mol. The molecule has 1 aliphatic rings. The van der Waals surface area contributed by atoms with Gasteiger partial charge in [-0.15, -0.1) is 11.3 Å². The van der Waals surface area contributed by atoms with Gasteiger partial charge in [-0.25, -0.2) is 4.98 Å². The van der Waals surface area contributed by atoms with Crippen molar-refractivity contribution < 1.29 is 4.79 Å². The number of hydrogen-bond acceptors (Lipinski definition) is 6. The summed E-state index contributed by atoms with van der Waals surface area (Å²) in [7, 11) is 0. The normalized spacial score (nSPS) is 15.2. The molecule has 7 heteroatoms. The molecule has 0 bridgehead atoms. The van der Waals surface area contributed by atoms with Crippen LogP contribution in [0, 0.1) is 0 Å². The number of hydrogen-bond donors (Lipinski definition) is 1. The van der Waals surface area contributed by atoms with Crippen molar-refractivity contribution in [3.8, 4) is 10.6 Å². The molecule has 0 atom stereocenters. The highest BCUT2D eigenvalue weighted by molar-refractivity contribution is 7.13. The lowest BCUT2D eigenvalue weighted by molar-refractivity contribution is -0.115. The molecule has 1 N–H and O–H groups in total. The van der Waals surface area contributed by atoms with Gasteiger partial charge in [0.2, 0.25) is 5.91 Å². The van der Waals surface area contributed by atoms with E-state index in [4.69, 9.17) is 0 Å². The molecule has 156 valence electrons. The number of amides is 1. The minimum absolute atomic E-state index is 0.0542. The number of nitrogens with zero attached hydrogens (tertiary/aromatic N) is 4. The fraction of sp³-hybridized carbons (Fsp3) is 0.348. The average Bonchev–Trinajstić information content (AvgIpc) is 3.24. The van der Waals surface area contributed by atoms with Crippen molar-refractivity contribution in [1.29, 1.82) is 0 Å². The molecule has 1 aromatic carbocycles. The van der Waals surface area contributed by atoms with E-state index in [0.29, 0.717) is 0 Å². The number of benzene rings is 1. The third-order valence-electron chi connectivity index (χ3n) is 5.36. The number of likely N-dealkylation sites (N-methyl/N-ethyl adjacent to an activating group) is 1. The van der Waals surface area contributed by atoms with Crippen LogP contribution in [0.5, 0.6) is 0 Å². The van der Waals surface area contributed by atoms with Gasteiger partial charge in [-0.2, -0.15) is 0 Å². The molecule has 2 aromatic heterocycles. The van der Waals surface area contributed by atoms with E-state index in [1.54, 1.807) is 12.4 Å². The highest BCUT2D eigenvalue weighted by atomic mass is 32.1. The highest BCUT2D eigenvalue weighted by Crippen LogP contribution is 2.23. The van der Waals surface area contributed by atoms with Gasteiger partial charge < -0.3 is 10.2 Å². The van der Waals surface area contributed by atoms with Crippen molar-refractivity contribution in [3.05, 3.63) is 65.4 Å². The van der Waals surface area contributed by atoms with E-state index >= 15 is 0 Å². The lowest BCUT2D eigenvalue weighted by Gasteiger charge is -2.34. The lowest BCUT2D eigenvalue weighted by Crippen LogP contribution is -2.45. The first kappa shape index (κ1) is 20.7. The summed E-state index contributed by atoms with van der Waals surface area (Å²) in [5.41, 5.74) is 3.85. The number of anilines is 1. The molecule has 3 heterocycles. The number of thiazole rings is 1. The molecule has 1 fully saturated rings. The van der Waals surface area contributed by atoms with Gasteiger partial charge in [0.25, 0.3) is 0 Å². The first-order chi connectivity index (χ1) is 14.7. The molecule has 1 saturated heterocycles. The smallest absolute Gasteiger partial charge is 0.230 e. The van der Waals surface area contributed by atoms with Crippen molar-refractivity contribution in [3.63, 3.8) is 0 Å². The summed E-state index contributed by atoms with van der Waals surface area (Å²) in [5.74, 6) is -0.0542. The van der Waals surface area contributed by atoms with Crippen molar-refractivity contribution in [2.24, 2.45) is 0 Å². The molecule has 0 aliphatic carbocycles. The van der Waals surface area contributed by atoms with Crippen LogP contribution < -0.4 is 5.32 Å². The average molecular weight is 422 g/mol. The van der Waals surface area contributed by atoms with E-state index in [1.165, 1.54) is 16.9 Å². The predicted octanol–water partition coefficient (Wildman–Crippen LogP) is 3.52. The van der Waals surface area contributed by atoms with E-state index < -0.39 is 0 Å². The van der Waals surface area contributed by atoms with E-state index in [9.17, 15) is 4.79 Å². The topological polar surface area (TPSA) is 61.4 Å². The zero-order valence-corrected chi connectivity index (χ0v) is 18.1. The summed E-state index contributed by atoms with van der Waals surface area (Å²) in [4.78, 5) is 26.1. The lowest BCUT2D eigenvalue weighted by atomic mass is 10.1. The molecule has 0 spiro atoms. The fourth-order valence-electron chi connectivity index (χ4n) is 3.60. The summed E-state index contributed by atoms with van der Waals surface area (Å²) < 4.78 is 0. The van der Waals surface area contributed by atoms with Crippen LogP contribution in [0.2, 0.25) is 0 Å². The van der Waals surface area contributed by atoms with Crippen LogP contribution in [-0.4, -0.2) is 58.4 Å². The van der Waals surface area contributed by atoms with Gasteiger partial charge in [0, 0.05) is 61.7 Å². The van der Waals surface area contributed by atoms with Gasteiger partial charge in [0.05, 0.1) is 12.1 Å². The van der Waals surface area contributed by atoms with Gasteiger partial charge in [0.1, 0.15) is 5.01 Å². The van der Waals surface area contributed by atoms with Crippen molar-refractivity contribution in [2.75, 3.05) is 38.0 Å². The Labute approximate surface area is 181 Å². The highest BCUT2D eigenvalue weighted by Gasteiger charge is 2.15. The van der Waals surface area contributed by atoms with Crippen LogP contribution in [0.4, 0.5) is 5.69 Å². The molecule has 0 saturated carbocycles. The number of piperazine rings is 1. The zero-order chi connectivity index (χ0) is 20.8. The van der Waals surface area contributed by atoms with Gasteiger partial charge in [-0.1, -0.05) is 19.1 Å². The fourth-order valence-corrected chi connectivity index (χ4v) is 4.41. The maximum atomic E-state index is 12.4. The monoisotopic (exact) mass is 421 g/mol. The van der Waals surface area contributed by atoms with Gasteiger partial charge in [0.15, 0.2) is 0 Å². The standard InChI is InChI=1S/C23H27N5OS/c1-2-27-10-12-28(13-11-27)16-18-5-7-20(8-6-18)25-22(29)14-21-17-30-23(26-21)19-4-3-9-24-15-19/h3-9,15,17H,2,10-14,16H2,1H3,(H,25,29). The number of nitrogens with one attached hydrogen (secondary N) is 1. The first-order valence-corrected chi connectivity index (χ1v) is 11.3. The Morgan fingerprint density at radius 3 is 2.57 bits per heavy atom. The molecule has 0 radical (unpaired) electrons. The Bertz CT molecular complexity index is 949. The molecule has 1 aliphatic heterocycles. The predicted molar refractivity (Wildman–Crippen MR) is 122 cm³/mol. The Balaban J connectivity index is 1.27. The SMILES string of the molecule is CCN1CCN(Cc2ccc(NC(=O)Cc3csc(-c4cccnc4)n3)cc2)CC1. The van der Waals surface area contributed by atoms with Gasteiger partial charge >= 0.3 is 0 Å². The number of carbonyl (C=O) groups is 1. The molecule has 1 amide bonds. The van der Waals surface area contributed by atoms with Crippen LogP contribution in [0.3, 0.4) is 0 Å². The van der Waals surface area contributed by atoms with Crippen LogP contribution in [0.1, 0.15) is 18.2 Å². The molecule has 0 unspecified atom stereocenters. The maximum absolute atomic E-state index is 12.4. The maximum Gasteiger partial charge on any atom is 0.230 e. The molecular formula is C23H27N5OS. The second-order valence-corrected chi connectivity index (χ2v) is 8.38. The summed E-state index contributed by atoms with van der Waals surface area (Å²) in [5, 5.41) is 5.79. The third kappa shape index (κ3) is 5.50. The van der Waals surface area contributed by atoms with Crippen molar-refractivity contribution in [1.82, 2.24) is 19.8 Å². The summed E-state index contributed by atoms with van der Waals surface area (Å²) in [6.07, 6.45) is 3.79. The van der Waals surface area contributed by atoms with Crippen molar-refractivity contribution >= 4 is 22.9 Å². The second kappa shape index (κ2) is 9.93. The molecule has 4 rings (SSSR count). The van der Waals surface area contributed by atoms with Crippen LogP contribution >= 0.6 is 11.3 Å². The Hall–Kier alpha value is -2.61. The van der Waals surface area contributed by atoms with Crippen LogP contribution in [-0.2, 0) is 17.8 Å². The quantitative estimate of drug-likeness (QED) is 0.632. The van der Waals surface area contributed by atoms with Crippen LogP contribution in [0.15, 0.2) is 54.2 Å². The Kier molecular flexibility index (Phi) is 6.84. The van der Waals surface area contributed by atoms with Crippen LogP contribution in [0.25, 0.3) is 10.6 Å². The minimum Gasteiger partial charge on any atom is -0.326 e. The van der Waals surface area contributed by atoms with E-state index in [2.05, 4.69) is 44.1 Å². The summed E-state index contributed by atoms with van der Waals surface area (Å²) >= 11 is 1.53. The summed E-state index contributed by atoms with van der Waals surface area (Å²) in [6.45, 7) is 8.82. The second-order valence-electron chi connectivity index (χ2n) is 7.52. The largest absolute Gasteiger partial charge is 0.326 e. The number of carbonyl (C=O) groups excluding carboxylic acids is 1.